The molecule has 3 saturated heterocycles. The van der Waals surface area contributed by atoms with E-state index in [4.69, 9.17) is 0 Å². The lowest BCUT2D eigenvalue weighted by Crippen LogP contribution is -2.65. The zero-order chi connectivity index (χ0) is 14.7. The molecule has 1 amide bonds. The van der Waals surface area contributed by atoms with Crippen molar-refractivity contribution in [2.75, 3.05) is 13.1 Å². The molecule has 4 heterocycles. The SMILES string of the molecule is O=C(NC1C2CCN(CC2)C12CC2)c1n[nH]c2ccccc12. The highest BCUT2D eigenvalue weighted by molar-refractivity contribution is 6.04. The average molecular weight is 296 g/mol. The quantitative estimate of drug-likeness (QED) is 0.890. The minimum absolute atomic E-state index is 0.0255. The average Bonchev–Trinajstić information content (AvgIpc) is 3.21. The van der Waals surface area contributed by atoms with Gasteiger partial charge < -0.3 is 5.32 Å². The van der Waals surface area contributed by atoms with Gasteiger partial charge in [0.25, 0.3) is 5.91 Å². The number of aromatic amines is 1. The van der Waals surface area contributed by atoms with E-state index in [1.54, 1.807) is 0 Å². The van der Waals surface area contributed by atoms with Gasteiger partial charge in [-0.2, -0.15) is 5.10 Å². The topological polar surface area (TPSA) is 61.0 Å². The van der Waals surface area contributed by atoms with Crippen molar-refractivity contribution >= 4 is 16.8 Å². The number of benzene rings is 1. The molecule has 1 spiro atoms. The van der Waals surface area contributed by atoms with E-state index in [1.165, 1.54) is 38.8 Å². The lowest BCUT2D eigenvalue weighted by atomic mass is 9.77. The summed E-state index contributed by atoms with van der Waals surface area (Å²) in [5.41, 5.74) is 1.72. The molecule has 5 nitrogen and oxygen atoms in total. The first-order valence-corrected chi connectivity index (χ1v) is 8.27. The molecule has 4 aliphatic rings. The van der Waals surface area contributed by atoms with Crippen LogP contribution in [0.25, 0.3) is 10.9 Å². The number of fused-ring (bicyclic) bond motifs is 3. The summed E-state index contributed by atoms with van der Waals surface area (Å²) in [4.78, 5) is 15.4. The Kier molecular flexibility index (Phi) is 2.48. The summed E-state index contributed by atoms with van der Waals surface area (Å²) in [6.07, 6.45) is 4.90. The van der Waals surface area contributed by atoms with Gasteiger partial charge in [0.2, 0.25) is 0 Å². The maximum atomic E-state index is 12.8. The third-order valence-electron chi connectivity index (χ3n) is 5.95. The maximum Gasteiger partial charge on any atom is 0.272 e. The van der Waals surface area contributed by atoms with Crippen molar-refractivity contribution in [2.24, 2.45) is 5.92 Å². The Morgan fingerprint density at radius 3 is 2.82 bits per heavy atom. The number of hydrogen-bond donors (Lipinski definition) is 2. The van der Waals surface area contributed by atoms with Gasteiger partial charge in [0.1, 0.15) is 0 Å². The lowest BCUT2D eigenvalue weighted by Gasteiger charge is -2.52. The van der Waals surface area contributed by atoms with E-state index >= 15 is 0 Å². The van der Waals surface area contributed by atoms with E-state index in [9.17, 15) is 4.79 Å². The van der Waals surface area contributed by atoms with Crippen LogP contribution in [-0.4, -0.2) is 45.7 Å². The molecule has 5 heteroatoms. The van der Waals surface area contributed by atoms with Crippen molar-refractivity contribution in [3.63, 3.8) is 0 Å². The van der Waals surface area contributed by atoms with Gasteiger partial charge in [-0.15, -0.1) is 0 Å². The Labute approximate surface area is 129 Å². The van der Waals surface area contributed by atoms with Crippen LogP contribution in [0.15, 0.2) is 24.3 Å². The summed E-state index contributed by atoms with van der Waals surface area (Å²) < 4.78 is 0. The number of nitrogens with zero attached hydrogens (tertiary/aromatic N) is 2. The number of nitrogens with one attached hydrogen (secondary N) is 2. The van der Waals surface area contributed by atoms with Crippen molar-refractivity contribution in [3.05, 3.63) is 30.0 Å². The highest BCUT2D eigenvalue weighted by Gasteiger charge is 2.60. The molecule has 2 bridgehead atoms. The van der Waals surface area contributed by atoms with Gasteiger partial charge in [0, 0.05) is 10.9 Å². The second-order valence-electron chi connectivity index (χ2n) is 7.00. The van der Waals surface area contributed by atoms with Crippen LogP contribution < -0.4 is 5.32 Å². The lowest BCUT2D eigenvalue weighted by molar-refractivity contribution is -0.00150. The van der Waals surface area contributed by atoms with Gasteiger partial charge in [-0.3, -0.25) is 14.8 Å². The normalized spacial score (nSPS) is 31.5. The fourth-order valence-corrected chi connectivity index (χ4v) is 4.67. The van der Waals surface area contributed by atoms with Crippen molar-refractivity contribution < 1.29 is 4.79 Å². The van der Waals surface area contributed by atoms with E-state index in [0.29, 0.717) is 17.7 Å². The van der Waals surface area contributed by atoms with E-state index in [-0.39, 0.29) is 11.4 Å². The van der Waals surface area contributed by atoms with Gasteiger partial charge in [0.15, 0.2) is 5.69 Å². The number of aromatic nitrogens is 2. The van der Waals surface area contributed by atoms with E-state index in [2.05, 4.69) is 20.4 Å². The van der Waals surface area contributed by atoms with Crippen molar-refractivity contribution in [3.8, 4) is 0 Å². The molecular formula is C17H20N4O. The van der Waals surface area contributed by atoms with Crippen molar-refractivity contribution in [1.82, 2.24) is 20.4 Å². The number of rotatable bonds is 2. The van der Waals surface area contributed by atoms with Crippen molar-refractivity contribution in [2.45, 2.75) is 37.3 Å². The van der Waals surface area contributed by atoms with Crippen LogP contribution in [0.2, 0.25) is 0 Å². The predicted molar refractivity (Wildman–Crippen MR) is 83.6 cm³/mol. The second kappa shape index (κ2) is 4.32. The summed E-state index contributed by atoms with van der Waals surface area (Å²) in [7, 11) is 0. The molecule has 1 aliphatic carbocycles. The second-order valence-corrected chi connectivity index (χ2v) is 7.00. The molecule has 2 aromatic rings. The number of carbonyl (C=O) groups excluding carboxylic acids is 1. The predicted octanol–water partition coefficient (Wildman–Crippen LogP) is 1.92. The van der Waals surface area contributed by atoms with Gasteiger partial charge in [-0.25, -0.2) is 0 Å². The molecule has 3 aliphatic heterocycles. The first kappa shape index (κ1) is 12.6. The van der Waals surface area contributed by atoms with Gasteiger partial charge in [-0.1, -0.05) is 18.2 Å². The molecule has 1 saturated carbocycles. The molecule has 1 unspecified atom stereocenters. The first-order valence-electron chi connectivity index (χ1n) is 8.27. The minimum atomic E-state index is -0.0255. The third kappa shape index (κ3) is 1.63. The minimum Gasteiger partial charge on any atom is -0.346 e. The van der Waals surface area contributed by atoms with Crippen LogP contribution in [-0.2, 0) is 0 Å². The number of amides is 1. The molecule has 1 aromatic carbocycles. The van der Waals surface area contributed by atoms with Crippen LogP contribution in [0.5, 0.6) is 0 Å². The molecule has 1 aromatic heterocycles. The van der Waals surface area contributed by atoms with E-state index in [1.807, 2.05) is 24.3 Å². The maximum absolute atomic E-state index is 12.8. The number of H-pyrrole nitrogens is 1. The summed E-state index contributed by atoms with van der Waals surface area (Å²) >= 11 is 0. The van der Waals surface area contributed by atoms with Crippen LogP contribution >= 0.6 is 0 Å². The number of piperidine rings is 3. The summed E-state index contributed by atoms with van der Waals surface area (Å²) in [6.45, 7) is 2.42. The van der Waals surface area contributed by atoms with Gasteiger partial charge in [0.05, 0.1) is 11.6 Å². The summed E-state index contributed by atoms with van der Waals surface area (Å²) in [6, 6.07) is 8.12. The molecule has 6 rings (SSSR count). The molecule has 114 valence electrons. The molecule has 22 heavy (non-hydrogen) atoms. The van der Waals surface area contributed by atoms with Crippen LogP contribution in [0.1, 0.15) is 36.2 Å². The Hall–Kier alpha value is -1.88. The van der Waals surface area contributed by atoms with Crippen LogP contribution in [0.3, 0.4) is 0 Å². The Morgan fingerprint density at radius 1 is 1.27 bits per heavy atom. The highest BCUT2D eigenvalue weighted by atomic mass is 16.2. The molecule has 2 N–H and O–H groups in total. The van der Waals surface area contributed by atoms with E-state index in [0.717, 1.165) is 10.9 Å². The molecule has 4 fully saturated rings. The standard InChI is InChI=1S/C17H20N4O/c22-16(14-12-3-1-2-4-13(12)19-20-14)18-15-11-5-9-21(10-6-11)17(15)7-8-17/h1-4,11,15H,5-10H2,(H,18,22)(H,19,20). The molecule has 1 atom stereocenters. The smallest absolute Gasteiger partial charge is 0.272 e. The number of carbonyl (C=O) groups is 1. The van der Waals surface area contributed by atoms with E-state index < -0.39 is 0 Å². The monoisotopic (exact) mass is 296 g/mol. The fraction of sp³-hybridized carbons (Fsp3) is 0.529. The van der Waals surface area contributed by atoms with Crippen molar-refractivity contribution in [1.29, 1.82) is 0 Å². The number of para-hydroxylation sites is 1. The fourth-order valence-electron chi connectivity index (χ4n) is 4.67. The Bertz CT molecular complexity index is 740. The molecule has 0 radical (unpaired) electrons. The van der Waals surface area contributed by atoms with Gasteiger partial charge >= 0.3 is 0 Å². The third-order valence-corrected chi connectivity index (χ3v) is 5.95. The molecular weight excluding hydrogens is 276 g/mol. The zero-order valence-corrected chi connectivity index (χ0v) is 12.5. The first-order chi connectivity index (χ1) is 10.8. The zero-order valence-electron chi connectivity index (χ0n) is 12.5. The van der Waals surface area contributed by atoms with Crippen LogP contribution in [0.4, 0.5) is 0 Å². The number of hydrogen-bond acceptors (Lipinski definition) is 3. The summed E-state index contributed by atoms with van der Waals surface area (Å²) in [5, 5.41) is 11.4. The Morgan fingerprint density at radius 2 is 2.05 bits per heavy atom. The van der Waals surface area contributed by atoms with Gasteiger partial charge in [-0.05, 0) is 50.8 Å². The largest absolute Gasteiger partial charge is 0.346 e. The van der Waals surface area contributed by atoms with Crippen LogP contribution in [0, 0.1) is 5.92 Å². The highest BCUT2D eigenvalue weighted by Crippen LogP contribution is 2.53. The summed E-state index contributed by atoms with van der Waals surface area (Å²) in [5.74, 6) is 0.615. The Balaban J connectivity index is 1.45.